The molecule has 1 saturated heterocycles. The fraction of sp³-hybridized carbons (Fsp3) is 0.476. The highest BCUT2D eigenvalue weighted by atomic mass is 32.1. The zero-order valence-electron chi connectivity index (χ0n) is 15.5. The van der Waals surface area contributed by atoms with Crippen LogP contribution in [0.5, 0.6) is 0 Å². The van der Waals surface area contributed by atoms with E-state index in [4.69, 9.17) is 0 Å². The van der Waals surface area contributed by atoms with E-state index in [0.717, 1.165) is 34.8 Å². The third-order valence-electron chi connectivity index (χ3n) is 6.00. The standard InChI is InChI=1S/C21H26N2O3S/c1-14(23-10-8-21(26,9-11-23)18-3-2-12-27-18)20(25)16-4-6-17-15(13-16)5-7-19(24)22-17/h2-4,6,12-14,20,25-26H,5,7-11H2,1H3,(H,22,24)/t14-,20+/m0/s1. The molecule has 1 aromatic carbocycles. The van der Waals surface area contributed by atoms with Gasteiger partial charge in [0.2, 0.25) is 5.91 Å². The van der Waals surface area contributed by atoms with E-state index >= 15 is 0 Å². The van der Waals surface area contributed by atoms with E-state index in [1.165, 1.54) is 0 Å². The second kappa shape index (κ2) is 7.36. The molecule has 1 aromatic heterocycles. The van der Waals surface area contributed by atoms with E-state index < -0.39 is 11.7 Å². The Morgan fingerprint density at radius 1 is 1.22 bits per heavy atom. The van der Waals surface area contributed by atoms with E-state index in [-0.39, 0.29) is 11.9 Å². The average Bonchev–Trinajstić information content (AvgIpc) is 3.23. The summed E-state index contributed by atoms with van der Waals surface area (Å²) < 4.78 is 0. The highest BCUT2D eigenvalue weighted by Gasteiger charge is 2.37. The topological polar surface area (TPSA) is 72.8 Å². The first-order valence-corrected chi connectivity index (χ1v) is 10.5. The van der Waals surface area contributed by atoms with Crippen LogP contribution in [-0.4, -0.2) is 40.2 Å². The lowest BCUT2D eigenvalue weighted by molar-refractivity contribution is -0.116. The minimum atomic E-state index is -0.737. The van der Waals surface area contributed by atoms with Crippen LogP contribution in [0, 0.1) is 0 Å². The van der Waals surface area contributed by atoms with Crippen LogP contribution >= 0.6 is 11.3 Å². The van der Waals surface area contributed by atoms with Gasteiger partial charge in [-0.25, -0.2) is 0 Å². The van der Waals surface area contributed by atoms with Crippen molar-refractivity contribution in [2.45, 2.75) is 50.4 Å². The number of aliphatic hydroxyl groups is 2. The molecule has 2 atom stereocenters. The maximum absolute atomic E-state index is 11.5. The third kappa shape index (κ3) is 3.67. The van der Waals surface area contributed by atoms with Crippen molar-refractivity contribution in [2.24, 2.45) is 0 Å². The molecule has 27 heavy (non-hydrogen) atoms. The molecule has 144 valence electrons. The number of benzene rings is 1. The number of rotatable bonds is 4. The first-order chi connectivity index (χ1) is 13.0. The van der Waals surface area contributed by atoms with E-state index in [2.05, 4.69) is 10.2 Å². The Morgan fingerprint density at radius 2 is 2.00 bits per heavy atom. The van der Waals surface area contributed by atoms with Crippen molar-refractivity contribution in [2.75, 3.05) is 18.4 Å². The lowest BCUT2D eigenvalue weighted by atomic mass is 9.88. The van der Waals surface area contributed by atoms with Crippen molar-refractivity contribution >= 4 is 22.9 Å². The van der Waals surface area contributed by atoms with Gasteiger partial charge in [-0.15, -0.1) is 11.3 Å². The number of nitrogens with one attached hydrogen (secondary N) is 1. The Hall–Kier alpha value is -1.73. The Labute approximate surface area is 163 Å². The number of piperidine rings is 1. The summed E-state index contributed by atoms with van der Waals surface area (Å²) in [6.45, 7) is 3.56. The maximum atomic E-state index is 11.5. The molecule has 6 heteroatoms. The van der Waals surface area contributed by atoms with Gasteiger partial charge >= 0.3 is 0 Å². The maximum Gasteiger partial charge on any atom is 0.224 e. The van der Waals surface area contributed by atoms with E-state index in [1.54, 1.807) is 11.3 Å². The zero-order valence-corrected chi connectivity index (χ0v) is 16.3. The number of carbonyl (C=O) groups is 1. The third-order valence-corrected chi connectivity index (χ3v) is 7.07. The Morgan fingerprint density at radius 3 is 2.70 bits per heavy atom. The zero-order chi connectivity index (χ0) is 19.0. The summed E-state index contributed by atoms with van der Waals surface area (Å²) in [6, 6.07) is 9.76. The minimum Gasteiger partial charge on any atom is -0.387 e. The van der Waals surface area contributed by atoms with Gasteiger partial charge < -0.3 is 15.5 Å². The van der Waals surface area contributed by atoms with Crippen molar-refractivity contribution in [1.82, 2.24) is 4.90 Å². The number of hydrogen-bond acceptors (Lipinski definition) is 5. The summed E-state index contributed by atoms with van der Waals surface area (Å²) >= 11 is 1.61. The number of amides is 1. The van der Waals surface area contributed by atoms with Crippen LogP contribution in [0.4, 0.5) is 5.69 Å². The molecule has 4 rings (SSSR count). The Balaban J connectivity index is 1.43. The molecule has 0 bridgehead atoms. The summed E-state index contributed by atoms with van der Waals surface area (Å²) in [5, 5.41) is 26.7. The van der Waals surface area contributed by atoms with Crippen LogP contribution in [0.15, 0.2) is 35.7 Å². The van der Waals surface area contributed by atoms with Gasteiger partial charge in [0.05, 0.1) is 6.10 Å². The quantitative estimate of drug-likeness (QED) is 0.755. The van der Waals surface area contributed by atoms with Crippen LogP contribution in [0.25, 0.3) is 0 Å². The second-order valence-corrected chi connectivity index (χ2v) is 8.64. The lowest BCUT2D eigenvalue weighted by Gasteiger charge is -2.41. The molecule has 2 aliphatic heterocycles. The highest BCUT2D eigenvalue weighted by Crippen LogP contribution is 2.37. The van der Waals surface area contributed by atoms with E-state index in [0.29, 0.717) is 25.7 Å². The average molecular weight is 387 g/mol. The molecule has 3 N–H and O–H groups in total. The highest BCUT2D eigenvalue weighted by molar-refractivity contribution is 7.10. The van der Waals surface area contributed by atoms with E-state index in [1.807, 2.05) is 42.6 Å². The first kappa shape index (κ1) is 18.6. The molecular formula is C21H26N2O3S. The fourth-order valence-electron chi connectivity index (χ4n) is 4.16. The van der Waals surface area contributed by atoms with Crippen molar-refractivity contribution in [1.29, 1.82) is 0 Å². The van der Waals surface area contributed by atoms with Gasteiger partial charge in [-0.2, -0.15) is 0 Å². The van der Waals surface area contributed by atoms with Crippen LogP contribution in [0.3, 0.4) is 0 Å². The van der Waals surface area contributed by atoms with Gasteiger partial charge in [-0.3, -0.25) is 9.69 Å². The summed E-state index contributed by atoms with van der Waals surface area (Å²) in [5.74, 6) is 0.0516. The van der Waals surface area contributed by atoms with Crippen LogP contribution in [0.1, 0.15) is 48.3 Å². The first-order valence-electron chi connectivity index (χ1n) is 9.57. The Bertz CT molecular complexity index is 813. The molecule has 1 amide bonds. The number of nitrogens with zero attached hydrogens (tertiary/aromatic N) is 1. The van der Waals surface area contributed by atoms with Gasteiger partial charge in [0, 0.05) is 36.1 Å². The molecule has 0 radical (unpaired) electrons. The summed E-state index contributed by atoms with van der Waals surface area (Å²) in [7, 11) is 0. The number of carbonyl (C=O) groups excluding carboxylic acids is 1. The summed E-state index contributed by atoms with van der Waals surface area (Å²) in [6.07, 6.45) is 1.98. The molecule has 3 heterocycles. The molecule has 0 aliphatic carbocycles. The molecule has 1 fully saturated rings. The predicted molar refractivity (Wildman–Crippen MR) is 107 cm³/mol. The summed E-state index contributed by atoms with van der Waals surface area (Å²) in [5.41, 5.74) is 2.09. The summed E-state index contributed by atoms with van der Waals surface area (Å²) in [4.78, 5) is 14.8. The molecule has 2 aliphatic rings. The smallest absolute Gasteiger partial charge is 0.224 e. The SMILES string of the molecule is C[C@@H]([C@@H](O)c1ccc2c(c1)CCC(=O)N2)N1CCC(O)(c2cccs2)CC1. The second-order valence-electron chi connectivity index (χ2n) is 7.70. The minimum absolute atomic E-state index is 0.0332. The largest absolute Gasteiger partial charge is 0.387 e. The molecule has 0 unspecified atom stereocenters. The predicted octanol–water partition coefficient (Wildman–Crippen LogP) is 3.04. The van der Waals surface area contributed by atoms with Crippen molar-refractivity contribution in [3.8, 4) is 0 Å². The van der Waals surface area contributed by atoms with Crippen molar-refractivity contribution in [3.05, 3.63) is 51.7 Å². The van der Waals surface area contributed by atoms with Crippen LogP contribution in [-0.2, 0) is 16.8 Å². The Kier molecular flexibility index (Phi) is 5.07. The number of hydrogen-bond donors (Lipinski definition) is 3. The number of likely N-dealkylation sites (tertiary alicyclic amines) is 1. The van der Waals surface area contributed by atoms with Gasteiger partial charge in [-0.1, -0.05) is 18.2 Å². The number of anilines is 1. The number of fused-ring (bicyclic) bond motifs is 1. The van der Waals surface area contributed by atoms with Crippen molar-refractivity contribution in [3.63, 3.8) is 0 Å². The van der Waals surface area contributed by atoms with Gasteiger partial charge in [0.25, 0.3) is 0 Å². The number of aliphatic hydroxyl groups excluding tert-OH is 1. The fourth-order valence-corrected chi connectivity index (χ4v) is 5.04. The van der Waals surface area contributed by atoms with Gasteiger partial charge in [0.15, 0.2) is 0 Å². The van der Waals surface area contributed by atoms with E-state index in [9.17, 15) is 15.0 Å². The van der Waals surface area contributed by atoms with Crippen molar-refractivity contribution < 1.29 is 15.0 Å². The lowest BCUT2D eigenvalue weighted by Crippen LogP contribution is -2.47. The number of aryl methyl sites for hydroxylation is 1. The number of thiophene rings is 1. The van der Waals surface area contributed by atoms with Crippen LogP contribution in [0.2, 0.25) is 0 Å². The van der Waals surface area contributed by atoms with Crippen LogP contribution < -0.4 is 5.32 Å². The van der Waals surface area contributed by atoms with Gasteiger partial charge in [-0.05, 0) is 54.8 Å². The normalized spacial score (nSPS) is 22.0. The molecule has 5 nitrogen and oxygen atoms in total. The molecule has 0 spiro atoms. The molecular weight excluding hydrogens is 360 g/mol. The molecule has 2 aromatic rings. The van der Waals surface area contributed by atoms with Gasteiger partial charge in [0.1, 0.15) is 5.60 Å². The molecule has 0 saturated carbocycles. The monoisotopic (exact) mass is 386 g/mol.